The van der Waals surface area contributed by atoms with Gasteiger partial charge in [0.15, 0.2) is 0 Å². The summed E-state index contributed by atoms with van der Waals surface area (Å²) in [5.41, 5.74) is 2.20. The summed E-state index contributed by atoms with van der Waals surface area (Å²) in [7, 11) is -3.43. The van der Waals surface area contributed by atoms with E-state index in [1.165, 1.54) is 0 Å². The standard InChI is InChI=1S/C14H17NO2S2/c1-11-3-5-14(6-4-11)19(16,17)15-12(2)9-13-7-8-18-10-13/h3-8,10,12,15H,9H2,1-2H3/t12-/m0/s1. The lowest BCUT2D eigenvalue weighted by Gasteiger charge is -2.13. The molecule has 102 valence electrons. The van der Waals surface area contributed by atoms with Gasteiger partial charge in [-0.1, -0.05) is 17.7 Å². The first kappa shape index (κ1) is 14.2. The van der Waals surface area contributed by atoms with E-state index in [1.807, 2.05) is 30.7 Å². The smallest absolute Gasteiger partial charge is 0.208 e. The molecule has 0 radical (unpaired) electrons. The SMILES string of the molecule is Cc1ccc(S(=O)(=O)N[C@@H](C)Cc2ccsc2)cc1. The minimum Gasteiger partial charge on any atom is -0.208 e. The van der Waals surface area contributed by atoms with Crippen molar-refractivity contribution in [2.24, 2.45) is 0 Å². The molecule has 0 saturated carbocycles. The highest BCUT2D eigenvalue weighted by atomic mass is 32.2. The molecule has 0 aliphatic carbocycles. The van der Waals surface area contributed by atoms with Crippen molar-refractivity contribution in [3.8, 4) is 0 Å². The zero-order valence-electron chi connectivity index (χ0n) is 11.0. The van der Waals surface area contributed by atoms with Crippen LogP contribution in [0.1, 0.15) is 18.1 Å². The van der Waals surface area contributed by atoms with Gasteiger partial charge in [-0.3, -0.25) is 0 Å². The average molecular weight is 295 g/mol. The molecule has 0 aliphatic heterocycles. The Morgan fingerprint density at radius 2 is 1.89 bits per heavy atom. The fourth-order valence-electron chi connectivity index (χ4n) is 1.85. The molecule has 0 amide bonds. The van der Waals surface area contributed by atoms with E-state index in [4.69, 9.17) is 0 Å². The molecule has 0 saturated heterocycles. The summed E-state index contributed by atoms with van der Waals surface area (Å²) >= 11 is 1.62. The lowest BCUT2D eigenvalue weighted by molar-refractivity contribution is 0.560. The highest BCUT2D eigenvalue weighted by Crippen LogP contribution is 2.13. The first-order valence-electron chi connectivity index (χ1n) is 6.07. The Balaban J connectivity index is 2.06. The number of nitrogens with one attached hydrogen (secondary N) is 1. The molecule has 0 unspecified atom stereocenters. The predicted octanol–water partition coefficient (Wildman–Crippen LogP) is 2.97. The summed E-state index contributed by atoms with van der Waals surface area (Å²) in [5.74, 6) is 0. The van der Waals surface area contributed by atoms with E-state index in [0.717, 1.165) is 11.1 Å². The van der Waals surface area contributed by atoms with Gasteiger partial charge in [0.2, 0.25) is 10.0 Å². The van der Waals surface area contributed by atoms with Gasteiger partial charge in [0.25, 0.3) is 0 Å². The zero-order chi connectivity index (χ0) is 13.9. The molecule has 1 N–H and O–H groups in total. The van der Waals surface area contributed by atoms with Crippen LogP contribution in [-0.4, -0.2) is 14.5 Å². The van der Waals surface area contributed by atoms with E-state index in [0.29, 0.717) is 11.3 Å². The molecular formula is C14H17NO2S2. The summed E-state index contributed by atoms with van der Waals surface area (Å²) < 4.78 is 27.1. The summed E-state index contributed by atoms with van der Waals surface area (Å²) in [5, 5.41) is 4.03. The van der Waals surface area contributed by atoms with Gasteiger partial charge in [-0.25, -0.2) is 13.1 Å². The van der Waals surface area contributed by atoms with Crippen molar-refractivity contribution in [3.05, 3.63) is 52.2 Å². The van der Waals surface area contributed by atoms with Gasteiger partial charge in [0, 0.05) is 6.04 Å². The normalized spacial score (nSPS) is 13.4. The third kappa shape index (κ3) is 3.89. The molecule has 19 heavy (non-hydrogen) atoms. The third-order valence-corrected chi connectivity index (χ3v) is 5.15. The molecular weight excluding hydrogens is 278 g/mol. The average Bonchev–Trinajstić information content (AvgIpc) is 2.81. The first-order chi connectivity index (χ1) is 8.97. The van der Waals surface area contributed by atoms with Crippen LogP contribution in [0.4, 0.5) is 0 Å². The van der Waals surface area contributed by atoms with Gasteiger partial charge in [-0.2, -0.15) is 11.3 Å². The largest absolute Gasteiger partial charge is 0.240 e. The molecule has 0 bridgehead atoms. The number of sulfonamides is 1. The van der Waals surface area contributed by atoms with Crippen molar-refractivity contribution in [1.82, 2.24) is 4.72 Å². The molecule has 5 heteroatoms. The molecule has 2 aromatic rings. The second-order valence-corrected chi connectivity index (χ2v) is 7.17. The van der Waals surface area contributed by atoms with E-state index < -0.39 is 10.0 Å². The topological polar surface area (TPSA) is 46.2 Å². The molecule has 0 spiro atoms. The highest BCUT2D eigenvalue weighted by Gasteiger charge is 2.17. The molecule has 1 atom stereocenters. The van der Waals surface area contributed by atoms with Gasteiger partial charge in [0.05, 0.1) is 4.90 Å². The fraction of sp³-hybridized carbons (Fsp3) is 0.286. The minimum atomic E-state index is -3.43. The van der Waals surface area contributed by atoms with Gasteiger partial charge in [0.1, 0.15) is 0 Å². The van der Waals surface area contributed by atoms with Crippen LogP contribution in [0.3, 0.4) is 0 Å². The van der Waals surface area contributed by atoms with E-state index in [-0.39, 0.29) is 6.04 Å². The summed E-state index contributed by atoms with van der Waals surface area (Å²) in [6, 6.07) is 8.77. The van der Waals surface area contributed by atoms with Crippen molar-refractivity contribution < 1.29 is 8.42 Å². The van der Waals surface area contributed by atoms with E-state index in [1.54, 1.807) is 35.6 Å². The van der Waals surface area contributed by atoms with Gasteiger partial charge in [-0.15, -0.1) is 0 Å². The summed E-state index contributed by atoms with van der Waals surface area (Å²) in [6.45, 7) is 3.81. The van der Waals surface area contributed by atoms with Crippen LogP contribution in [0.15, 0.2) is 46.0 Å². The Labute approximate surface area is 118 Å². The van der Waals surface area contributed by atoms with E-state index in [2.05, 4.69) is 4.72 Å². The number of hydrogen-bond acceptors (Lipinski definition) is 3. The number of rotatable bonds is 5. The van der Waals surface area contributed by atoms with Gasteiger partial charge >= 0.3 is 0 Å². The number of benzene rings is 1. The Morgan fingerprint density at radius 3 is 2.47 bits per heavy atom. The number of thiophene rings is 1. The molecule has 1 aromatic heterocycles. The van der Waals surface area contributed by atoms with Crippen molar-refractivity contribution >= 4 is 21.4 Å². The molecule has 2 rings (SSSR count). The summed E-state index contributed by atoms with van der Waals surface area (Å²) in [4.78, 5) is 0.315. The second-order valence-electron chi connectivity index (χ2n) is 4.67. The lowest BCUT2D eigenvalue weighted by Crippen LogP contribution is -2.34. The lowest BCUT2D eigenvalue weighted by atomic mass is 10.1. The predicted molar refractivity (Wildman–Crippen MR) is 79.0 cm³/mol. The summed E-state index contributed by atoms with van der Waals surface area (Å²) in [6.07, 6.45) is 0.703. The van der Waals surface area contributed by atoms with Crippen molar-refractivity contribution in [2.45, 2.75) is 31.2 Å². The Bertz CT molecular complexity index is 616. The first-order valence-corrected chi connectivity index (χ1v) is 8.50. The van der Waals surface area contributed by atoms with Crippen molar-refractivity contribution in [2.75, 3.05) is 0 Å². The van der Waals surface area contributed by atoms with Crippen molar-refractivity contribution in [3.63, 3.8) is 0 Å². The second kappa shape index (κ2) is 5.86. The van der Waals surface area contributed by atoms with Crippen LogP contribution in [0.2, 0.25) is 0 Å². The third-order valence-electron chi connectivity index (χ3n) is 2.81. The quantitative estimate of drug-likeness (QED) is 0.922. The maximum absolute atomic E-state index is 12.2. The van der Waals surface area contributed by atoms with Crippen LogP contribution < -0.4 is 4.72 Å². The molecule has 0 aliphatic rings. The number of hydrogen-bond donors (Lipinski definition) is 1. The Morgan fingerprint density at radius 1 is 1.21 bits per heavy atom. The van der Waals surface area contributed by atoms with Gasteiger partial charge < -0.3 is 0 Å². The Hall–Kier alpha value is -1.17. The van der Waals surface area contributed by atoms with Gasteiger partial charge in [-0.05, 0) is 54.8 Å². The highest BCUT2D eigenvalue weighted by molar-refractivity contribution is 7.89. The number of aryl methyl sites for hydroxylation is 1. The van der Waals surface area contributed by atoms with Crippen LogP contribution >= 0.6 is 11.3 Å². The van der Waals surface area contributed by atoms with E-state index in [9.17, 15) is 8.42 Å². The van der Waals surface area contributed by atoms with E-state index >= 15 is 0 Å². The maximum atomic E-state index is 12.2. The van der Waals surface area contributed by atoms with Crippen LogP contribution in [0.5, 0.6) is 0 Å². The molecule has 0 fully saturated rings. The fourth-order valence-corrected chi connectivity index (χ4v) is 3.78. The minimum absolute atomic E-state index is 0.124. The molecule has 1 aromatic carbocycles. The zero-order valence-corrected chi connectivity index (χ0v) is 12.6. The Kier molecular flexibility index (Phi) is 4.39. The maximum Gasteiger partial charge on any atom is 0.240 e. The molecule has 3 nitrogen and oxygen atoms in total. The molecule has 1 heterocycles. The van der Waals surface area contributed by atoms with Crippen molar-refractivity contribution in [1.29, 1.82) is 0 Å². The van der Waals surface area contributed by atoms with Crippen LogP contribution in [-0.2, 0) is 16.4 Å². The van der Waals surface area contributed by atoms with Crippen LogP contribution in [0.25, 0.3) is 0 Å². The van der Waals surface area contributed by atoms with Crippen LogP contribution in [0, 0.1) is 6.92 Å². The monoisotopic (exact) mass is 295 g/mol.